The smallest absolute Gasteiger partial charge is 0.242 e. The molecule has 1 aliphatic heterocycles. The Morgan fingerprint density at radius 1 is 1.24 bits per heavy atom. The van der Waals surface area contributed by atoms with Crippen molar-refractivity contribution >= 4 is 5.91 Å². The fourth-order valence-corrected chi connectivity index (χ4v) is 3.27. The van der Waals surface area contributed by atoms with Crippen LogP contribution >= 0.6 is 0 Å². The van der Waals surface area contributed by atoms with Gasteiger partial charge in [0.15, 0.2) is 0 Å². The molecule has 132 valence electrons. The second-order valence-corrected chi connectivity index (χ2v) is 6.51. The summed E-state index contributed by atoms with van der Waals surface area (Å²) < 4.78 is 19.4. The highest BCUT2D eigenvalue weighted by Gasteiger charge is 2.28. The van der Waals surface area contributed by atoms with Crippen molar-refractivity contribution in [1.29, 1.82) is 0 Å². The van der Waals surface area contributed by atoms with Crippen molar-refractivity contribution in [2.45, 2.75) is 24.9 Å². The number of carbonyl (C=O) groups is 1. The van der Waals surface area contributed by atoms with Gasteiger partial charge in [0.05, 0.1) is 12.6 Å². The molecule has 1 heterocycles. The summed E-state index contributed by atoms with van der Waals surface area (Å²) >= 11 is 0. The molecule has 3 rings (SSSR count). The molecule has 0 aliphatic carbocycles. The van der Waals surface area contributed by atoms with E-state index in [1.165, 1.54) is 12.1 Å². The van der Waals surface area contributed by atoms with Crippen molar-refractivity contribution in [2.24, 2.45) is 0 Å². The molecule has 2 aromatic carbocycles. The highest BCUT2D eigenvalue weighted by Crippen LogP contribution is 2.33. The summed E-state index contributed by atoms with van der Waals surface area (Å²) in [5, 5.41) is 3.09. The van der Waals surface area contributed by atoms with Gasteiger partial charge in [-0.25, -0.2) is 4.39 Å². The van der Waals surface area contributed by atoms with Crippen molar-refractivity contribution in [3.05, 3.63) is 65.5 Å². The fourth-order valence-electron chi connectivity index (χ4n) is 3.27. The number of halogens is 1. The number of hydrogen-bond donors (Lipinski definition) is 1. The zero-order valence-corrected chi connectivity index (χ0v) is 14.5. The number of benzene rings is 2. The second-order valence-electron chi connectivity index (χ2n) is 6.51. The van der Waals surface area contributed by atoms with Crippen LogP contribution in [0.15, 0.2) is 48.5 Å². The van der Waals surface area contributed by atoms with Crippen LogP contribution in [0.2, 0.25) is 0 Å². The number of ether oxygens (including phenoxy) is 1. The van der Waals surface area contributed by atoms with Crippen molar-refractivity contribution in [1.82, 2.24) is 10.2 Å². The Kier molecular flexibility index (Phi) is 5.34. The summed E-state index contributed by atoms with van der Waals surface area (Å²) in [6.07, 6.45) is 1.52. The van der Waals surface area contributed by atoms with Crippen LogP contribution in [0.3, 0.4) is 0 Å². The van der Waals surface area contributed by atoms with Crippen LogP contribution in [0.25, 0.3) is 0 Å². The lowest BCUT2D eigenvalue weighted by molar-refractivity contribution is -0.126. The minimum atomic E-state index is -0.401. The van der Waals surface area contributed by atoms with E-state index >= 15 is 0 Å². The molecule has 25 heavy (non-hydrogen) atoms. The lowest BCUT2D eigenvalue weighted by Gasteiger charge is -2.27. The average Bonchev–Trinajstić information content (AvgIpc) is 2.78. The van der Waals surface area contributed by atoms with Crippen LogP contribution in [0.4, 0.5) is 4.39 Å². The summed E-state index contributed by atoms with van der Waals surface area (Å²) in [6, 6.07) is 13.5. The first-order valence-electron chi connectivity index (χ1n) is 8.50. The molecular formula is C20H23FN2O2. The molecule has 1 N–H and O–H groups in total. The lowest BCUT2D eigenvalue weighted by atomic mass is 9.99. The van der Waals surface area contributed by atoms with Gasteiger partial charge >= 0.3 is 0 Å². The van der Waals surface area contributed by atoms with Crippen LogP contribution in [0.5, 0.6) is 5.75 Å². The van der Waals surface area contributed by atoms with Gasteiger partial charge in [0.2, 0.25) is 5.91 Å². The maximum atomic E-state index is 13.7. The van der Waals surface area contributed by atoms with E-state index in [0.717, 1.165) is 18.4 Å². The molecule has 1 amide bonds. The number of carbonyl (C=O) groups excluding carboxylic acids is 1. The monoisotopic (exact) mass is 342 g/mol. The number of fused-ring (bicyclic) bond motifs is 1. The molecule has 0 fully saturated rings. The predicted molar refractivity (Wildman–Crippen MR) is 94.9 cm³/mol. The van der Waals surface area contributed by atoms with Crippen molar-refractivity contribution in [2.75, 3.05) is 20.7 Å². The summed E-state index contributed by atoms with van der Waals surface area (Å²) in [6.45, 7) is 0.570. The van der Waals surface area contributed by atoms with Gasteiger partial charge in [0.1, 0.15) is 17.6 Å². The minimum Gasteiger partial charge on any atom is -0.493 e. The summed E-state index contributed by atoms with van der Waals surface area (Å²) in [5.74, 6) is 0.222. The predicted octanol–water partition coefficient (Wildman–Crippen LogP) is 3.46. The zero-order chi connectivity index (χ0) is 17.8. The fraction of sp³-hybridized carbons (Fsp3) is 0.350. The first-order valence-corrected chi connectivity index (χ1v) is 8.50. The third-order valence-electron chi connectivity index (χ3n) is 4.44. The molecule has 0 radical (unpaired) electrons. The van der Waals surface area contributed by atoms with E-state index < -0.39 is 6.04 Å². The molecule has 2 atom stereocenters. The van der Waals surface area contributed by atoms with E-state index in [9.17, 15) is 9.18 Å². The van der Waals surface area contributed by atoms with E-state index in [0.29, 0.717) is 17.9 Å². The molecule has 5 heteroatoms. The van der Waals surface area contributed by atoms with Crippen molar-refractivity contribution < 1.29 is 13.9 Å². The maximum Gasteiger partial charge on any atom is 0.242 e. The normalized spacial score (nSPS) is 18.0. The zero-order valence-electron chi connectivity index (χ0n) is 14.5. The standard InChI is InChI=1S/C20H23FN2O2/c1-23(2)19(14-7-4-3-5-8-14)20(24)22-17-9-6-12-25-18-11-10-15(21)13-16(17)18/h3-5,7-8,10-11,13,17,19H,6,9,12H2,1-2H3,(H,22,24)/t17-,19+/m1/s1. The minimum absolute atomic E-state index is 0.0988. The number of hydrogen-bond acceptors (Lipinski definition) is 3. The Bertz CT molecular complexity index is 734. The molecule has 0 bridgehead atoms. The summed E-state index contributed by atoms with van der Waals surface area (Å²) in [4.78, 5) is 14.9. The van der Waals surface area contributed by atoms with Gasteiger partial charge in [-0.05, 0) is 50.7 Å². The van der Waals surface area contributed by atoms with E-state index in [4.69, 9.17) is 4.74 Å². The molecule has 0 unspecified atom stereocenters. The molecule has 2 aromatic rings. The van der Waals surface area contributed by atoms with Crippen LogP contribution in [-0.2, 0) is 4.79 Å². The third-order valence-corrected chi connectivity index (χ3v) is 4.44. The molecular weight excluding hydrogens is 319 g/mol. The van der Waals surface area contributed by atoms with Crippen LogP contribution in [-0.4, -0.2) is 31.5 Å². The SMILES string of the molecule is CN(C)[C@H](C(=O)N[C@@H]1CCCOc2ccc(F)cc21)c1ccccc1. The maximum absolute atomic E-state index is 13.7. The van der Waals surface area contributed by atoms with E-state index in [1.807, 2.05) is 49.3 Å². The highest BCUT2D eigenvalue weighted by atomic mass is 19.1. The third kappa shape index (κ3) is 3.99. The molecule has 1 aliphatic rings. The number of rotatable bonds is 4. The summed E-state index contributed by atoms with van der Waals surface area (Å²) in [5.41, 5.74) is 1.63. The second kappa shape index (κ2) is 7.66. The highest BCUT2D eigenvalue weighted by molar-refractivity contribution is 5.83. The quantitative estimate of drug-likeness (QED) is 0.925. The average molecular weight is 342 g/mol. The van der Waals surface area contributed by atoms with Gasteiger partial charge in [0.25, 0.3) is 0 Å². The van der Waals surface area contributed by atoms with Crippen molar-refractivity contribution in [3.63, 3.8) is 0 Å². The van der Waals surface area contributed by atoms with Gasteiger partial charge in [-0.2, -0.15) is 0 Å². The van der Waals surface area contributed by atoms with E-state index in [-0.39, 0.29) is 17.8 Å². The van der Waals surface area contributed by atoms with Crippen molar-refractivity contribution in [3.8, 4) is 5.75 Å². The van der Waals surface area contributed by atoms with Gasteiger partial charge in [-0.3, -0.25) is 9.69 Å². The van der Waals surface area contributed by atoms with Crippen LogP contribution in [0.1, 0.15) is 36.1 Å². The number of likely N-dealkylation sites (N-methyl/N-ethyl adjacent to an activating group) is 1. The molecule has 4 nitrogen and oxygen atoms in total. The molecule has 0 aromatic heterocycles. The number of amides is 1. The topological polar surface area (TPSA) is 41.6 Å². The van der Waals surface area contributed by atoms with Crippen LogP contribution < -0.4 is 10.1 Å². The molecule has 0 saturated carbocycles. The van der Waals surface area contributed by atoms with Gasteiger partial charge in [-0.15, -0.1) is 0 Å². The Hall–Kier alpha value is -2.40. The van der Waals surface area contributed by atoms with Gasteiger partial charge in [-0.1, -0.05) is 30.3 Å². The Labute approximate surface area is 147 Å². The van der Waals surface area contributed by atoms with E-state index in [2.05, 4.69) is 5.32 Å². The number of nitrogens with zero attached hydrogens (tertiary/aromatic N) is 1. The van der Waals surface area contributed by atoms with Gasteiger partial charge in [0, 0.05) is 5.56 Å². The summed E-state index contributed by atoms with van der Waals surface area (Å²) in [7, 11) is 3.75. The molecule has 0 saturated heterocycles. The largest absolute Gasteiger partial charge is 0.493 e. The lowest BCUT2D eigenvalue weighted by Crippen LogP contribution is -2.39. The number of nitrogens with one attached hydrogen (secondary N) is 1. The Balaban J connectivity index is 1.85. The van der Waals surface area contributed by atoms with E-state index in [1.54, 1.807) is 6.07 Å². The Morgan fingerprint density at radius 2 is 2.00 bits per heavy atom. The van der Waals surface area contributed by atoms with Gasteiger partial charge < -0.3 is 10.1 Å². The Morgan fingerprint density at radius 3 is 2.72 bits per heavy atom. The first-order chi connectivity index (χ1) is 12.1. The molecule has 0 spiro atoms. The van der Waals surface area contributed by atoms with Crippen LogP contribution in [0, 0.1) is 5.82 Å². The first kappa shape index (κ1) is 17.4.